The van der Waals surface area contributed by atoms with Gasteiger partial charge in [0.05, 0.1) is 125 Å². The molecule has 0 spiro atoms. The van der Waals surface area contributed by atoms with E-state index < -0.39 is 23.4 Å². The van der Waals surface area contributed by atoms with Crippen LogP contribution in [-0.4, -0.2) is 148 Å². The Morgan fingerprint density at radius 2 is 0.871 bits per heavy atom. The standard InChI is InChI=1S/C57H101NO12/c1-9-54(5,67-29-41-11-23-49(24-12-41)63-35-51-37-65-51)27-45(59)33-61-47-19-15-43(16-20-47)31-69-56(7)40(4)57(8,53(56)39(3)58)70-32-44-17-21-48(22-18-44)62-34-46(60)28-55(6,10-2)68-30-42-13-25-50(26-14-42)64-36-52-38-66-52/h40-52,59-60H,9-38,58H2,1-8H3. The monoisotopic (exact) mass is 992 g/mol. The summed E-state index contributed by atoms with van der Waals surface area (Å²) in [7, 11) is 0. The average Bonchev–Trinajstić information content (AvgIpc) is 4.32. The van der Waals surface area contributed by atoms with Crippen molar-refractivity contribution in [1.82, 2.24) is 0 Å². The molecule has 0 amide bonds. The lowest BCUT2D eigenvalue weighted by atomic mass is 9.55. The molecule has 8 unspecified atom stereocenters. The lowest BCUT2D eigenvalue weighted by Crippen LogP contribution is -2.68. The minimum absolute atomic E-state index is 0.149. The highest BCUT2D eigenvalue weighted by Crippen LogP contribution is 2.57. The van der Waals surface area contributed by atoms with Gasteiger partial charge in [-0.15, -0.1) is 0 Å². The molecule has 2 saturated heterocycles. The number of ether oxygens (including phenoxy) is 10. The average molecular weight is 992 g/mol. The molecule has 406 valence electrons. The fraction of sp³-hybridized carbons (Fsp3) is 0.965. The Morgan fingerprint density at radius 1 is 0.557 bits per heavy atom. The molecular formula is C57H101NO12. The SMILES string of the molecule is CCC(C)(CC(O)COC1CCC(COC2(C)C(=C(C)N)C(C)(OCC3CCC(OCC(O)CC(C)(CC)OCC4CCC(OCC5CO5)CC4)CC3)C2C)CC1)OCC1CCC(OCC2CO2)CC1. The van der Waals surface area contributed by atoms with E-state index in [4.69, 9.17) is 53.1 Å². The largest absolute Gasteiger partial charge is 0.402 e. The van der Waals surface area contributed by atoms with Crippen LogP contribution in [0.4, 0.5) is 0 Å². The lowest BCUT2D eigenvalue weighted by molar-refractivity contribution is -0.213. The van der Waals surface area contributed by atoms with Gasteiger partial charge in [0.1, 0.15) is 12.2 Å². The van der Waals surface area contributed by atoms with Gasteiger partial charge in [0.15, 0.2) is 0 Å². The van der Waals surface area contributed by atoms with Crippen molar-refractivity contribution >= 4 is 0 Å². The van der Waals surface area contributed by atoms with E-state index in [0.717, 1.165) is 166 Å². The molecule has 70 heavy (non-hydrogen) atoms. The molecule has 5 saturated carbocycles. The summed E-state index contributed by atoms with van der Waals surface area (Å²) in [6.07, 6.45) is 20.4. The first kappa shape index (κ1) is 56.8. The second kappa shape index (κ2) is 26.2. The highest BCUT2D eigenvalue weighted by molar-refractivity contribution is 5.43. The Kier molecular flexibility index (Phi) is 21.3. The maximum Gasteiger partial charge on any atom is 0.104 e. The molecule has 0 aromatic carbocycles. The summed E-state index contributed by atoms with van der Waals surface area (Å²) in [6.45, 7) is 24.0. The Balaban J connectivity index is 0.736. The van der Waals surface area contributed by atoms with Crippen LogP contribution < -0.4 is 5.73 Å². The van der Waals surface area contributed by atoms with Gasteiger partial charge in [-0.1, -0.05) is 20.8 Å². The fourth-order valence-electron chi connectivity index (χ4n) is 12.7. The first-order valence-corrected chi connectivity index (χ1v) is 28.6. The Labute approximate surface area is 424 Å². The van der Waals surface area contributed by atoms with E-state index in [1.54, 1.807) is 0 Å². The molecule has 2 heterocycles. The number of aliphatic hydroxyl groups is 2. The molecular weight excluding hydrogens is 891 g/mol. The second-order valence-electron chi connectivity index (χ2n) is 24.4. The van der Waals surface area contributed by atoms with Gasteiger partial charge in [-0.25, -0.2) is 0 Å². The summed E-state index contributed by atoms with van der Waals surface area (Å²) >= 11 is 0. The van der Waals surface area contributed by atoms with Gasteiger partial charge in [0, 0.05) is 30.0 Å². The number of rotatable bonds is 30. The van der Waals surface area contributed by atoms with Gasteiger partial charge in [0.2, 0.25) is 0 Å². The van der Waals surface area contributed by atoms with Crippen molar-refractivity contribution in [2.75, 3.05) is 66.1 Å². The summed E-state index contributed by atoms with van der Waals surface area (Å²) in [6, 6.07) is 0. The smallest absolute Gasteiger partial charge is 0.104 e. The Hall–Kier alpha value is -0.940. The van der Waals surface area contributed by atoms with E-state index in [9.17, 15) is 10.2 Å². The van der Waals surface area contributed by atoms with Crippen LogP contribution in [0.15, 0.2) is 11.3 Å². The quantitative estimate of drug-likeness (QED) is 0.0584. The third-order valence-electron chi connectivity index (χ3n) is 18.5. The number of hydrogen-bond donors (Lipinski definition) is 3. The number of nitrogens with two attached hydrogens (primary N) is 1. The van der Waals surface area contributed by atoms with Crippen LogP contribution in [-0.2, 0) is 47.4 Å². The number of hydrogen-bond acceptors (Lipinski definition) is 13. The molecule has 0 radical (unpaired) electrons. The van der Waals surface area contributed by atoms with Crippen LogP contribution in [0, 0.1) is 29.6 Å². The van der Waals surface area contributed by atoms with Crippen LogP contribution in [0.3, 0.4) is 0 Å². The Morgan fingerprint density at radius 3 is 1.17 bits per heavy atom. The molecule has 7 fully saturated rings. The van der Waals surface area contributed by atoms with E-state index in [0.29, 0.717) is 87.4 Å². The molecule has 7 aliphatic rings. The van der Waals surface area contributed by atoms with Crippen molar-refractivity contribution in [2.24, 2.45) is 35.3 Å². The predicted octanol–water partition coefficient (Wildman–Crippen LogP) is 9.39. The van der Waals surface area contributed by atoms with Crippen molar-refractivity contribution in [1.29, 1.82) is 0 Å². The van der Waals surface area contributed by atoms with Crippen molar-refractivity contribution in [3.8, 4) is 0 Å². The van der Waals surface area contributed by atoms with Gasteiger partial charge in [-0.3, -0.25) is 0 Å². The molecule has 4 N–H and O–H groups in total. The molecule has 13 nitrogen and oxygen atoms in total. The normalized spacial score (nSPS) is 38.3. The van der Waals surface area contributed by atoms with Gasteiger partial charge < -0.3 is 63.3 Å². The number of aliphatic hydroxyl groups excluding tert-OH is 2. The van der Waals surface area contributed by atoms with Crippen molar-refractivity contribution < 1.29 is 57.6 Å². The minimum atomic E-state index is -0.552. The van der Waals surface area contributed by atoms with E-state index in [1.165, 1.54) is 0 Å². The number of epoxide rings is 2. The molecule has 0 aromatic rings. The zero-order valence-corrected chi connectivity index (χ0v) is 45.3. The third-order valence-corrected chi connectivity index (χ3v) is 18.5. The van der Waals surface area contributed by atoms with E-state index in [-0.39, 0.29) is 29.3 Å². The Bertz CT molecular complexity index is 1450. The van der Waals surface area contributed by atoms with Gasteiger partial charge >= 0.3 is 0 Å². The fourth-order valence-corrected chi connectivity index (χ4v) is 12.7. The highest BCUT2D eigenvalue weighted by atomic mass is 16.6. The van der Waals surface area contributed by atoms with Crippen molar-refractivity contribution in [3.05, 3.63) is 11.3 Å². The zero-order chi connectivity index (χ0) is 49.9. The molecule has 2 aliphatic heterocycles. The third kappa shape index (κ3) is 16.5. The highest BCUT2D eigenvalue weighted by Gasteiger charge is 2.63. The van der Waals surface area contributed by atoms with Gasteiger partial charge in [-0.2, -0.15) is 0 Å². The molecule has 7 rings (SSSR count). The summed E-state index contributed by atoms with van der Waals surface area (Å²) in [5.74, 6) is 2.18. The van der Waals surface area contributed by atoms with E-state index in [2.05, 4.69) is 48.5 Å². The van der Waals surface area contributed by atoms with Crippen LogP contribution >= 0.6 is 0 Å². The maximum absolute atomic E-state index is 11.1. The summed E-state index contributed by atoms with van der Waals surface area (Å²) in [5, 5.41) is 22.2. The second-order valence-corrected chi connectivity index (χ2v) is 24.4. The van der Waals surface area contributed by atoms with E-state index >= 15 is 0 Å². The zero-order valence-electron chi connectivity index (χ0n) is 45.3. The molecule has 8 atom stereocenters. The van der Waals surface area contributed by atoms with Crippen LogP contribution in [0.2, 0.25) is 0 Å². The summed E-state index contributed by atoms with van der Waals surface area (Å²) < 4.78 is 62.1. The van der Waals surface area contributed by atoms with Gasteiger partial charge in [0.25, 0.3) is 0 Å². The van der Waals surface area contributed by atoms with Crippen LogP contribution in [0.1, 0.15) is 184 Å². The predicted molar refractivity (Wildman–Crippen MR) is 272 cm³/mol. The lowest BCUT2D eigenvalue weighted by Gasteiger charge is -2.61. The summed E-state index contributed by atoms with van der Waals surface area (Å²) in [5.41, 5.74) is 6.86. The summed E-state index contributed by atoms with van der Waals surface area (Å²) in [4.78, 5) is 0. The van der Waals surface area contributed by atoms with Gasteiger partial charge in [-0.05, 0) is 174 Å². The maximum atomic E-state index is 11.1. The van der Waals surface area contributed by atoms with Crippen LogP contribution in [0.25, 0.3) is 0 Å². The first-order valence-electron chi connectivity index (χ1n) is 28.6. The molecule has 13 heteroatoms. The topological polar surface area (TPSA) is 165 Å². The van der Waals surface area contributed by atoms with E-state index in [1.807, 2.05) is 6.92 Å². The molecule has 0 bridgehead atoms. The van der Waals surface area contributed by atoms with Crippen molar-refractivity contribution in [2.45, 2.75) is 255 Å². The molecule has 0 aromatic heterocycles. The van der Waals surface area contributed by atoms with Crippen molar-refractivity contribution in [3.63, 3.8) is 0 Å². The first-order chi connectivity index (χ1) is 33.5. The number of allylic oxidation sites excluding steroid dienone is 1. The van der Waals surface area contributed by atoms with Crippen LogP contribution in [0.5, 0.6) is 0 Å². The minimum Gasteiger partial charge on any atom is -0.402 e. The molecule has 5 aliphatic carbocycles.